The SMILES string of the molecule is NCCC1(c2nn[nH]n2)c2ccc(NC=O)cc2CCc2cc(C(N)=O)ccc21. The first kappa shape index (κ1) is 18.8. The van der Waals surface area contributed by atoms with Gasteiger partial charge in [0.2, 0.25) is 12.3 Å². The highest BCUT2D eigenvalue weighted by atomic mass is 16.1. The number of anilines is 1. The molecule has 0 fully saturated rings. The molecule has 148 valence electrons. The number of hydrogen-bond donors (Lipinski definition) is 4. The summed E-state index contributed by atoms with van der Waals surface area (Å²) in [6, 6.07) is 11.2. The van der Waals surface area contributed by atoms with Crippen LogP contribution in [0.2, 0.25) is 0 Å². The lowest BCUT2D eigenvalue weighted by Crippen LogP contribution is -2.35. The Morgan fingerprint density at radius 1 is 1.17 bits per heavy atom. The number of carbonyl (C=O) groups is 2. The van der Waals surface area contributed by atoms with Crippen molar-refractivity contribution >= 4 is 18.0 Å². The summed E-state index contributed by atoms with van der Waals surface area (Å²) in [6.07, 6.45) is 2.60. The fraction of sp³-hybridized carbons (Fsp3) is 0.250. The van der Waals surface area contributed by atoms with E-state index in [0.717, 1.165) is 22.3 Å². The van der Waals surface area contributed by atoms with E-state index < -0.39 is 11.3 Å². The summed E-state index contributed by atoms with van der Waals surface area (Å²) in [5.74, 6) is 0.0336. The Kier molecular flexibility index (Phi) is 4.81. The van der Waals surface area contributed by atoms with E-state index in [4.69, 9.17) is 11.5 Å². The van der Waals surface area contributed by atoms with Crippen LogP contribution in [0.5, 0.6) is 0 Å². The number of tetrazole rings is 1. The molecule has 1 unspecified atom stereocenters. The standard InChI is InChI=1S/C20H21N7O2/c21-8-7-20(19-24-26-27-25-19)16-5-3-14(18(22)29)9-12(16)1-2-13-10-15(23-11-28)4-6-17(13)20/h3-6,9-11H,1-2,7-8,21H2,(H2,22,29)(H,23,28)(H,24,25,26,27). The Hall–Kier alpha value is -3.59. The minimum absolute atomic E-state index is 0.388. The van der Waals surface area contributed by atoms with Crippen molar-refractivity contribution in [3.8, 4) is 0 Å². The average Bonchev–Trinajstić information content (AvgIpc) is 3.22. The number of rotatable bonds is 6. The third-order valence-corrected chi connectivity index (χ3v) is 5.55. The monoisotopic (exact) mass is 391 g/mol. The molecule has 6 N–H and O–H groups in total. The second kappa shape index (κ2) is 7.44. The number of aromatic nitrogens is 4. The minimum Gasteiger partial charge on any atom is -0.366 e. The maximum atomic E-state index is 11.7. The Balaban J connectivity index is 2.02. The van der Waals surface area contributed by atoms with Gasteiger partial charge in [-0.05, 0) is 72.3 Å². The third kappa shape index (κ3) is 3.05. The lowest BCUT2D eigenvalue weighted by molar-refractivity contribution is -0.105. The number of aryl methyl sites for hydroxylation is 2. The van der Waals surface area contributed by atoms with Crippen LogP contribution in [0, 0.1) is 0 Å². The van der Waals surface area contributed by atoms with Crippen molar-refractivity contribution in [2.24, 2.45) is 11.5 Å². The summed E-state index contributed by atoms with van der Waals surface area (Å²) < 4.78 is 0. The zero-order valence-electron chi connectivity index (χ0n) is 15.7. The smallest absolute Gasteiger partial charge is 0.248 e. The number of H-pyrrole nitrogens is 1. The molecule has 0 bridgehead atoms. The van der Waals surface area contributed by atoms with Gasteiger partial charge in [0.25, 0.3) is 0 Å². The lowest BCUT2D eigenvalue weighted by atomic mass is 9.69. The predicted molar refractivity (Wildman–Crippen MR) is 106 cm³/mol. The maximum Gasteiger partial charge on any atom is 0.248 e. The molecule has 9 nitrogen and oxygen atoms in total. The molecule has 1 aromatic heterocycles. The summed E-state index contributed by atoms with van der Waals surface area (Å²) in [6.45, 7) is 0.388. The van der Waals surface area contributed by atoms with E-state index in [0.29, 0.717) is 49.3 Å². The highest BCUT2D eigenvalue weighted by Gasteiger charge is 2.44. The zero-order valence-corrected chi connectivity index (χ0v) is 15.7. The van der Waals surface area contributed by atoms with Gasteiger partial charge in [-0.2, -0.15) is 5.21 Å². The van der Waals surface area contributed by atoms with Gasteiger partial charge in [0.15, 0.2) is 5.82 Å². The Morgan fingerprint density at radius 2 is 1.90 bits per heavy atom. The van der Waals surface area contributed by atoms with Gasteiger partial charge in [0.1, 0.15) is 0 Å². The molecular weight excluding hydrogens is 370 g/mol. The van der Waals surface area contributed by atoms with Crippen LogP contribution >= 0.6 is 0 Å². The van der Waals surface area contributed by atoms with Crippen molar-refractivity contribution in [3.63, 3.8) is 0 Å². The molecule has 0 aliphatic heterocycles. The number of nitrogens with zero attached hydrogens (tertiary/aromatic N) is 3. The van der Waals surface area contributed by atoms with Gasteiger partial charge in [0, 0.05) is 11.3 Å². The van der Waals surface area contributed by atoms with E-state index in [2.05, 4.69) is 25.9 Å². The van der Waals surface area contributed by atoms with Crippen LogP contribution in [-0.4, -0.2) is 39.5 Å². The summed E-state index contributed by atoms with van der Waals surface area (Å²) in [5, 5.41) is 17.7. The first-order valence-corrected chi connectivity index (χ1v) is 9.31. The molecule has 1 aliphatic rings. The number of nitrogens with two attached hydrogens (primary N) is 2. The first-order chi connectivity index (χ1) is 14.1. The van der Waals surface area contributed by atoms with Crippen LogP contribution in [0.3, 0.4) is 0 Å². The number of benzene rings is 2. The second-order valence-electron chi connectivity index (χ2n) is 7.05. The van der Waals surface area contributed by atoms with Crippen LogP contribution in [0.25, 0.3) is 0 Å². The molecule has 1 atom stereocenters. The van der Waals surface area contributed by atoms with Crippen molar-refractivity contribution in [3.05, 3.63) is 70.0 Å². The van der Waals surface area contributed by atoms with E-state index in [1.54, 1.807) is 6.07 Å². The molecule has 1 heterocycles. The molecule has 0 saturated heterocycles. The van der Waals surface area contributed by atoms with Crippen molar-refractivity contribution in [1.29, 1.82) is 0 Å². The summed E-state index contributed by atoms with van der Waals surface area (Å²) in [5.41, 5.74) is 16.0. The molecule has 2 aromatic carbocycles. The molecule has 3 aromatic rings. The van der Waals surface area contributed by atoms with E-state index in [9.17, 15) is 9.59 Å². The normalized spacial score (nSPS) is 17.7. The number of aromatic amines is 1. The largest absolute Gasteiger partial charge is 0.366 e. The maximum absolute atomic E-state index is 11.7. The van der Waals surface area contributed by atoms with E-state index >= 15 is 0 Å². The van der Waals surface area contributed by atoms with Crippen molar-refractivity contribution in [2.45, 2.75) is 24.7 Å². The summed E-state index contributed by atoms with van der Waals surface area (Å²) >= 11 is 0. The van der Waals surface area contributed by atoms with Crippen LogP contribution in [-0.2, 0) is 23.1 Å². The average molecular weight is 391 g/mol. The molecule has 0 spiro atoms. The topological polar surface area (TPSA) is 153 Å². The zero-order chi connectivity index (χ0) is 20.4. The summed E-state index contributed by atoms with van der Waals surface area (Å²) in [4.78, 5) is 22.6. The van der Waals surface area contributed by atoms with Crippen LogP contribution in [0.1, 0.15) is 44.9 Å². The molecule has 4 rings (SSSR count). The number of hydrogen-bond acceptors (Lipinski definition) is 6. The second-order valence-corrected chi connectivity index (χ2v) is 7.05. The first-order valence-electron chi connectivity index (χ1n) is 9.31. The Bertz CT molecular complexity index is 1060. The molecule has 2 amide bonds. The number of carbonyl (C=O) groups excluding carboxylic acids is 2. The molecule has 9 heteroatoms. The van der Waals surface area contributed by atoms with Crippen LogP contribution < -0.4 is 16.8 Å². The van der Waals surface area contributed by atoms with Gasteiger partial charge in [-0.1, -0.05) is 17.3 Å². The van der Waals surface area contributed by atoms with E-state index in [-0.39, 0.29) is 0 Å². The summed E-state index contributed by atoms with van der Waals surface area (Å²) in [7, 11) is 0. The van der Waals surface area contributed by atoms with Gasteiger partial charge in [-0.25, -0.2) is 0 Å². The lowest BCUT2D eigenvalue weighted by Gasteiger charge is -2.33. The van der Waals surface area contributed by atoms with Gasteiger partial charge in [-0.3, -0.25) is 9.59 Å². The van der Waals surface area contributed by atoms with Crippen molar-refractivity contribution < 1.29 is 9.59 Å². The van der Waals surface area contributed by atoms with Crippen molar-refractivity contribution in [1.82, 2.24) is 20.6 Å². The molecule has 1 aliphatic carbocycles. The van der Waals surface area contributed by atoms with Crippen LogP contribution in [0.15, 0.2) is 36.4 Å². The highest BCUT2D eigenvalue weighted by Crippen LogP contribution is 2.46. The predicted octanol–water partition coefficient (Wildman–Crippen LogP) is 0.649. The van der Waals surface area contributed by atoms with E-state index in [1.165, 1.54) is 0 Å². The third-order valence-electron chi connectivity index (χ3n) is 5.55. The molecule has 29 heavy (non-hydrogen) atoms. The fourth-order valence-corrected chi connectivity index (χ4v) is 4.34. The van der Waals surface area contributed by atoms with Gasteiger partial charge >= 0.3 is 0 Å². The fourth-order valence-electron chi connectivity index (χ4n) is 4.34. The van der Waals surface area contributed by atoms with Crippen LogP contribution in [0.4, 0.5) is 5.69 Å². The number of amides is 2. The number of primary amides is 1. The number of fused-ring (bicyclic) bond motifs is 2. The molecule has 0 radical (unpaired) electrons. The Labute approximate surface area is 166 Å². The van der Waals surface area contributed by atoms with Gasteiger partial charge < -0.3 is 16.8 Å². The number of nitrogens with one attached hydrogen (secondary N) is 2. The van der Waals surface area contributed by atoms with Crippen molar-refractivity contribution in [2.75, 3.05) is 11.9 Å². The molecule has 0 saturated carbocycles. The Morgan fingerprint density at radius 3 is 2.52 bits per heavy atom. The highest BCUT2D eigenvalue weighted by molar-refractivity contribution is 5.93. The van der Waals surface area contributed by atoms with Gasteiger partial charge in [0.05, 0.1) is 5.41 Å². The van der Waals surface area contributed by atoms with E-state index in [1.807, 2.05) is 30.3 Å². The quantitative estimate of drug-likeness (QED) is 0.453. The van der Waals surface area contributed by atoms with Gasteiger partial charge in [-0.15, -0.1) is 10.2 Å². The minimum atomic E-state index is -0.737. The molecular formula is C20H21N7O2.